The smallest absolute Gasteiger partial charge is 0.237 e. The number of nitrogens with two attached hydrogens (primary N) is 1. The Morgan fingerprint density at radius 3 is 2.95 bits per heavy atom. The third kappa shape index (κ3) is 3.70. The lowest BCUT2D eigenvalue weighted by Gasteiger charge is -2.27. The maximum absolute atomic E-state index is 12.0. The van der Waals surface area contributed by atoms with E-state index in [9.17, 15) is 4.79 Å². The van der Waals surface area contributed by atoms with Crippen LogP contribution in [0, 0.1) is 5.92 Å². The zero-order valence-corrected chi connectivity index (χ0v) is 11.6. The van der Waals surface area contributed by atoms with Gasteiger partial charge in [0.25, 0.3) is 0 Å². The van der Waals surface area contributed by atoms with Gasteiger partial charge in [-0.2, -0.15) is 0 Å². The van der Waals surface area contributed by atoms with Crippen LogP contribution in [0.5, 0.6) is 5.75 Å². The molecule has 19 heavy (non-hydrogen) atoms. The molecule has 0 aliphatic carbocycles. The highest BCUT2D eigenvalue weighted by molar-refractivity contribution is 5.81. The van der Waals surface area contributed by atoms with Crippen LogP contribution in [-0.4, -0.2) is 24.6 Å². The molecule has 1 aromatic carbocycles. The number of nitrogens with one attached hydrogen (secondary N) is 1. The molecule has 2 rings (SSSR count). The van der Waals surface area contributed by atoms with Crippen LogP contribution in [0.2, 0.25) is 0 Å². The van der Waals surface area contributed by atoms with E-state index in [0.29, 0.717) is 18.9 Å². The number of ether oxygens (including phenoxy) is 1. The molecule has 1 aliphatic heterocycles. The Morgan fingerprint density at radius 1 is 1.47 bits per heavy atom. The molecule has 104 valence electrons. The average Bonchev–Trinajstić information content (AvgIpc) is 2.37. The van der Waals surface area contributed by atoms with E-state index in [0.717, 1.165) is 17.7 Å². The van der Waals surface area contributed by atoms with Crippen LogP contribution in [0.3, 0.4) is 0 Å². The second-order valence-corrected chi connectivity index (χ2v) is 5.56. The standard InChI is InChI=1S/C15H22N2O2/c1-10(2)7-13(16)15(18)17-12-8-11-5-3-4-6-14(11)19-9-12/h3-6,10,12-13H,7-9,16H2,1-2H3,(H,17,18)/t12?,13-/m0/s1. The second kappa shape index (κ2) is 6.06. The summed E-state index contributed by atoms with van der Waals surface area (Å²) in [6.07, 6.45) is 1.51. The summed E-state index contributed by atoms with van der Waals surface area (Å²) in [5, 5.41) is 2.98. The number of para-hydroxylation sites is 1. The molecule has 3 N–H and O–H groups in total. The molecule has 0 aromatic heterocycles. The second-order valence-electron chi connectivity index (χ2n) is 5.56. The molecule has 1 aromatic rings. The monoisotopic (exact) mass is 262 g/mol. The average molecular weight is 262 g/mol. The van der Waals surface area contributed by atoms with Gasteiger partial charge < -0.3 is 15.8 Å². The lowest BCUT2D eigenvalue weighted by Crippen LogP contribution is -2.49. The van der Waals surface area contributed by atoms with Gasteiger partial charge in [-0.15, -0.1) is 0 Å². The molecule has 0 saturated carbocycles. The molecule has 0 saturated heterocycles. The Balaban J connectivity index is 1.90. The van der Waals surface area contributed by atoms with Gasteiger partial charge in [0.05, 0.1) is 12.1 Å². The van der Waals surface area contributed by atoms with Crippen molar-refractivity contribution in [3.8, 4) is 5.75 Å². The third-order valence-electron chi connectivity index (χ3n) is 3.29. The Labute approximate surface area is 114 Å². The molecule has 0 fully saturated rings. The Kier molecular flexibility index (Phi) is 4.43. The van der Waals surface area contributed by atoms with Gasteiger partial charge in [0.15, 0.2) is 0 Å². The van der Waals surface area contributed by atoms with E-state index in [1.54, 1.807) is 0 Å². The summed E-state index contributed by atoms with van der Waals surface area (Å²) in [6.45, 7) is 4.64. The van der Waals surface area contributed by atoms with Crippen molar-refractivity contribution in [1.29, 1.82) is 0 Å². The summed E-state index contributed by atoms with van der Waals surface area (Å²) >= 11 is 0. The molecule has 4 nitrogen and oxygen atoms in total. The minimum atomic E-state index is -0.433. The number of hydrogen-bond acceptors (Lipinski definition) is 3. The van der Waals surface area contributed by atoms with Crippen LogP contribution in [0.1, 0.15) is 25.8 Å². The number of hydrogen-bond donors (Lipinski definition) is 2. The van der Waals surface area contributed by atoms with Gasteiger partial charge in [0.2, 0.25) is 5.91 Å². The fraction of sp³-hybridized carbons (Fsp3) is 0.533. The van der Waals surface area contributed by atoms with E-state index < -0.39 is 6.04 Å². The summed E-state index contributed by atoms with van der Waals surface area (Å²) in [4.78, 5) is 12.0. The number of rotatable bonds is 4. The molecule has 0 radical (unpaired) electrons. The predicted octanol–water partition coefficient (Wildman–Crippen LogP) is 1.48. The molecular weight excluding hydrogens is 240 g/mol. The van der Waals surface area contributed by atoms with Crippen molar-refractivity contribution in [1.82, 2.24) is 5.32 Å². The summed E-state index contributed by atoms with van der Waals surface area (Å²) in [5.74, 6) is 1.25. The number of benzene rings is 1. The van der Waals surface area contributed by atoms with Crippen molar-refractivity contribution in [2.24, 2.45) is 11.7 Å². The molecule has 0 spiro atoms. The summed E-state index contributed by atoms with van der Waals surface area (Å²) < 4.78 is 5.64. The Hall–Kier alpha value is -1.55. The highest BCUT2D eigenvalue weighted by Crippen LogP contribution is 2.23. The van der Waals surface area contributed by atoms with Gasteiger partial charge in [0, 0.05) is 0 Å². The first-order valence-electron chi connectivity index (χ1n) is 6.83. The van der Waals surface area contributed by atoms with Gasteiger partial charge >= 0.3 is 0 Å². The van der Waals surface area contributed by atoms with Crippen LogP contribution in [0.25, 0.3) is 0 Å². The summed E-state index contributed by atoms with van der Waals surface area (Å²) in [6, 6.07) is 7.50. The topological polar surface area (TPSA) is 64.4 Å². The van der Waals surface area contributed by atoms with E-state index in [1.807, 2.05) is 24.3 Å². The molecule has 0 bridgehead atoms. The van der Waals surface area contributed by atoms with E-state index in [4.69, 9.17) is 10.5 Å². The molecule has 1 heterocycles. The minimum absolute atomic E-state index is 0.0145. The van der Waals surface area contributed by atoms with Crippen LogP contribution in [-0.2, 0) is 11.2 Å². The molecular formula is C15H22N2O2. The first-order valence-corrected chi connectivity index (χ1v) is 6.83. The molecule has 1 amide bonds. The van der Waals surface area contributed by atoms with Crippen molar-refractivity contribution in [2.75, 3.05) is 6.61 Å². The highest BCUT2D eigenvalue weighted by atomic mass is 16.5. The van der Waals surface area contributed by atoms with Crippen molar-refractivity contribution >= 4 is 5.91 Å². The van der Waals surface area contributed by atoms with Crippen molar-refractivity contribution in [2.45, 2.75) is 38.8 Å². The Bertz CT molecular complexity index is 446. The third-order valence-corrected chi connectivity index (χ3v) is 3.29. The zero-order valence-electron chi connectivity index (χ0n) is 11.6. The van der Waals surface area contributed by atoms with E-state index in [-0.39, 0.29) is 11.9 Å². The SMILES string of the molecule is CC(C)C[C@H](N)C(=O)NC1COc2ccccc2C1. The molecule has 2 atom stereocenters. The van der Waals surface area contributed by atoms with Gasteiger partial charge in [0.1, 0.15) is 12.4 Å². The lowest BCUT2D eigenvalue weighted by atomic mass is 10.0. The summed E-state index contributed by atoms with van der Waals surface area (Å²) in [7, 11) is 0. The zero-order chi connectivity index (χ0) is 13.8. The van der Waals surface area contributed by atoms with Gasteiger partial charge in [-0.05, 0) is 30.4 Å². The van der Waals surface area contributed by atoms with E-state index in [2.05, 4.69) is 19.2 Å². The highest BCUT2D eigenvalue weighted by Gasteiger charge is 2.23. The first kappa shape index (κ1) is 13.9. The maximum Gasteiger partial charge on any atom is 0.237 e. The quantitative estimate of drug-likeness (QED) is 0.864. The van der Waals surface area contributed by atoms with E-state index >= 15 is 0 Å². The summed E-state index contributed by atoms with van der Waals surface area (Å²) in [5.41, 5.74) is 7.01. The largest absolute Gasteiger partial charge is 0.491 e. The van der Waals surface area contributed by atoms with Gasteiger partial charge in [-0.1, -0.05) is 32.0 Å². The fourth-order valence-electron chi connectivity index (χ4n) is 2.34. The number of amides is 1. The van der Waals surface area contributed by atoms with Crippen molar-refractivity contribution in [3.05, 3.63) is 29.8 Å². The van der Waals surface area contributed by atoms with Crippen LogP contribution in [0.4, 0.5) is 0 Å². The van der Waals surface area contributed by atoms with Gasteiger partial charge in [-0.25, -0.2) is 0 Å². The van der Waals surface area contributed by atoms with Crippen molar-refractivity contribution < 1.29 is 9.53 Å². The lowest BCUT2D eigenvalue weighted by molar-refractivity contribution is -0.123. The number of fused-ring (bicyclic) bond motifs is 1. The molecule has 1 unspecified atom stereocenters. The maximum atomic E-state index is 12.0. The van der Waals surface area contributed by atoms with Gasteiger partial charge in [-0.3, -0.25) is 4.79 Å². The molecule has 1 aliphatic rings. The number of carbonyl (C=O) groups is 1. The minimum Gasteiger partial charge on any atom is -0.491 e. The Morgan fingerprint density at radius 2 is 2.21 bits per heavy atom. The predicted molar refractivity (Wildman–Crippen MR) is 75.0 cm³/mol. The molecule has 4 heteroatoms. The van der Waals surface area contributed by atoms with Crippen LogP contribution < -0.4 is 15.8 Å². The number of carbonyl (C=O) groups excluding carboxylic acids is 1. The first-order chi connectivity index (χ1) is 9.06. The normalized spacial score (nSPS) is 19.5. The fourth-order valence-corrected chi connectivity index (χ4v) is 2.34. The van der Waals surface area contributed by atoms with Crippen LogP contribution >= 0.6 is 0 Å². The van der Waals surface area contributed by atoms with Crippen molar-refractivity contribution in [3.63, 3.8) is 0 Å². The van der Waals surface area contributed by atoms with Crippen LogP contribution in [0.15, 0.2) is 24.3 Å². The van der Waals surface area contributed by atoms with E-state index in [1.165, 1.54) is 0 Å².